The van der Waals surface area contributed by atoms with Gasteiger partial charge in [-0.2, -0.15) is 0 Å². The molecule has 0 radical (unpaired) electrons. The molecule has 1 fully saturated rings. The van der Waals surface area contributed by atoms with E-state index in [0.29, 0.717) is 19.1 Å². The number of aliphatic imine (C=N–C) groups is 1. The summed E-state index contributed by atoms with van der Waals surface area (Å²) in [7, 11) is 0. The Kier molecular flexibility index (Phi) is 7.95. The van der Waals surface area contributed by atoms with E-state index in [1.807, 2.05) is 18.2 Å². The predicted octanol–water partition coefficient (Wildman–Crippen LogP) is 3.17. The number of guanidine groups is 1. The van der Waals surface area contributed by atoms with Gasteiger partial charge in [-0.1, -0.05) is 24.3 Å². The molecule has 0 saturated carbocycles. The number of halogens is 1. The number of benzene rings is 1. The van der Waals surface area contributed by atoms with Gasteiger partial charge in [0, 0.05) is 30.0 Å². The van der Waals surface area contributed by atoms with Crippen molar-refractivity contribution in [1.29, 1.82) is 0 Å². The molecule has 0 bridgehead atoms. The van der Waals surface area contributed by atoms with Gasteiger partial charge in [0.05, 0.1) is 38.4 Å². The zero-order chi connectivity index (χ0) is 18.5. The highest BCUT2D eigenvalue weighted by Gasteiger charge is 2.24. The maximum absolute atomic E-state index is 6.25. The molecule has 3 heterocycles. The van der Waals surface area contributed by atoms with E-state index in [2.05, 4.69) is 38.8 Å². The molecule has 0 amide bonds. The van der Waals surface area contributed by atoms with E-state index in [0.717, 1.165) is 44.0 Å². The van der Waals surface area contributed by atoms with Crippen LogP contribution in [0.3, 0.4) is 0 Å². The van der Waals surface area contributed by atoms with E-state index in [-0.39, 0.29) is 36.1 Å². The highest BCUT2D eigenvalue weighted by Crippen LogP contribution is 2.31. The third-order valence-corrected chi connectivity index (χ3v) is 6.05. The minimum Gasteiger partial charge on any atom is -0.493 e. The second kappa shape index (κ2) is 10.4. The van der Waals surface area contributed by atoms with Crippen molar-refractivity contribution in [2.24, 2.45) is 10.7 Å². The Balaban J connectivity index is 0.00000225. The van der Waals surface area contributed by atoms with Crippen molar-refractivity contribution in [2.45, 2.75) is 18.5 Å². The third kappa shape index (κ3) is 5.16. The lowest BCUT2D eigenvalue weighted by Gasteiger charge is -2.33. The fraction of sp³-hybridized carbons (Fsp3) is 0.450. The van der Waals surface area contributed by atoms with Crippen LogP contribution in [0.2, 0.25) is 0 Å². The number of hydrogen-bond acceptors (Lipinski definition) is 5. The van der Waals surface area contributed by atoms with Crippen molar-refractivity contribution >= 4 is 41.3 Å². The molecule has 2 aliphatic heterocycles. The number of nitrogens with two attached hydrogens (primary N) is 1. The lowest BCUT2D eigenvalue weighted by molar-refractivity contribution is 0.0186. The molecule has 2 unspecified atom stereocenters. The first-order chi connectivity index (χ1) is 13.3. The second-order valence-corrected chi connectivity index (χ2v) is 7.76. The summed E-state index contributed by atoms with van der Waals surface area (Å²) in [6.45, 7) is 4.74. The van der Waals surface area contributed by atoms with Gasteiger partial charge in [-0.25, -0.2) is 0 Å². The summed E-state index contributed by atoms with van der Waals surface area (Å²) in [5, 5.41) is 5.50. The van der Waals surface area contributed by atoms with Crippen molar-refractivity contribution < 1.29 is 9.47 Å². The monoisotopic (exact) mass is 514 g/mol. The van der Waals surface area contributed by atoms with Crippen LogP contribution in [0.1, 0.15) is 28.9 Å². The van der Waals surface area contributed by atoms with Crippen LogP contribution in [0.4, 0.5) is 0 Å². The molecular formula is C20H27IN4O2S. The first-order valence-corrected chi connectivity index (χ1v) is 10.3. The standard InChI is InChI=1S/C20H26N4O2S.HI/c21-20(23-16-7-10-26-18-5-2-1-4-15(16)18)22-14-17(19-6-3-13-27-19)24-8-11-25-12-9-24;/h1-6,13,16-17H,7-12,14H2,(H3,21,22,23);1H. The first-order valence-electron chi connectivity index (χ1n) is 9.44. The summed E-state index contributed by atoms with van der Waals surface area (Å²) in [6, 6.07) is 12.8. The van der Waals surface area contributed by atoms with Crippen LogP contribution in [0.15, 0.2) is 46.8 Å². The van der Waals surface area contributed by atoms with Crippen LogP contribution in [0.25, 0.3) is 0 Å². The molecule has 0 spiro atoms. The Labute approximate surface area is 187 Å². The Hall–Kier alpha value is -1.36. The van der Waals surface area contributed by atoms with Gasteiger partial charge in [0.25, 0.3) is 0 Å². The van der Waals surface area contributed by atoms with Crippen LogP contribution in [0.5, 0.6) is 5.75 Å². The van der Waals surface area contributed by atoms with Crippen molar-refractivity contribution in [3.05, 3.63) is 52.2 Å². The van der Waals surface area contributed by atoms with Crippen molar-refractivity contribution in [1.82, 2.24) is 10.2 Å². The van der Waals surface area contributed by atoms with E-state index in [4.69, 9.17) is 15.2 Å². The van der Waals surface area contributed by atoms with Gasteiger partial charge >= 0.3 is 0 Å². The number of nitrogens with zero attached hydrogens (tertiary/aromatic N) is 2. The van der Waals surface area contributed by atoms with Gasteiger partial charge in [0.1, 0.15) is 5.75 Å². The average Bonchev–Trinajstić information content (AvgIpc) is 3.24. The smallest absolute Gasteiger partial charge is 0.189 e. The maximum Gasteiger partial charge on any atom is 0.189 e. The summed E-state index contributed by atoms with van der Waals surface area (Å²) in [5.74, 6) is 1.42. The van der Waals surface area contributed by atoms with Crippen molar-refractivity contribution in [3.63, 3.8) is 0 Å². The van der Waals surface area contributed by atoms with E-state index < -0.39 is 0 Å². The Morgan fingerprint density at radius 3 is 2.82 bits per heavy atom. The van der Waals surface area contributed by atoms with E-state index >= 15 is 0 Å². The van der Waals surface area contributed by atoms with E-state index in [1.165, 1.54) is 4.88 Å². The van der Waals surface area contributed by atoms with Crippen LogP contribution >= 0.6 is 35.3 Å². The zero-order valence-corrected chi connectivity index (χ0v) is 18.9. The van der Waals surface area contributed by atoms with Gasteiger partial charge in [-0.05, 0) is 17.5 Å². The number of thiophene rings is 1. The van der Waals surface area contributed by atoms with Gasteiger partial charge in [-0.15, -0.1) is 35.3 Å². The lowest BCUT2D eigenvalue weighted by atomic mass is 10.0. The molecule has 4 rings (SSSR count). The summed E-state index contributed by atoms with van der Waals surface area (Å²) < 4.78 is 11.2. The number of morpholine rings is 1. The topological polar surface area (TPSA) is 72.1 Å². The molecule has 3 N–H and O–H groups in total. The minimum atomic E-state index is 0. The Bertz CT molecular complexity index is 765. The van der Waals surface area contributed by atoms with Crippen LogP contribution < -0.4 is 15.8 Å². The minimum absolute atomic E-state index is 0. The molecule has 0 aliphatic carbocycles. The van der Waals surface area contributed by atoms with Gasteiger partial charge < -0.3 is 20.5 Å². The molecule has 2 aliphatic rings. The number of ether oxygens (including phenoxy) is 2. The molecule has 2 atom stereocenters. The quantitative estimate of drug-likeness (QED) is 0.365. The molecular weight excluding hydrogens is 487 g/mol. The molecule has 1 aromatic carbocycles. The fourth-order valence-electron chi connectivity index (χ4n) is 3.66. The van der Waals surface area contributed by atoms with Gasteiger partial charge in [-0.3, -0.25) is 9.89 Å². The number of nitrogens with one attached hydrogen (secondary N) is 1. The SMILES string of the molecule is I.NC(=NCC(c1cccs1)N1CCOCC1)NC1CCOc2ccccc21. The highest BCUT2D eigenvalue weighted by atomic mass is 127. The fourth-order valence-corrected chi connectivity index (χ4v) is 4.51. The normalized spacial score (nSPS) is 21.1. The molecule has 6 nitrogen and oxygen atoms in total. The molecule has 152 valence electrons. The Morgan fingerprint density at radius 2 is 2.04 bits per heavy atom. The van der Waals surface area contributed by atoms with Crippen LogP contribution in [-0.2, 0) is 4.74 Å². The summed E-state index contributed by atoms with van der Waals surface area (Å²) in [4.78, 5) is 8.45. The van der Waals surface area contributed by atoms with Crippen LogP contribution in [0, 0.1) is 0 Å². The number of para-hydroxylation sites is 1. The first kappa shape index (κ1) is 21.4. The average molecular weight is 514 g/mol. The zero-order valence-electron chi connectivity index (χ0n) is 15.8. The van der Waals surface area contributed by atoms with Crippen molar-refractivity contribution in [3.8, 4) is 5.75 Å². The number of rotatable bonds is 5. The summed E-state index contributed by atoms with van der Waals surface area (Å²) in [6.07, 6.45) is 0.880. The number of hydrogen-bond donors (Lipinski definition) is 2. The summed E-state index contributed by atoms with van der Waals surface area (Å²) in [5.41, 5.74) is 7.39. The molecule has 8 heteroatoms. The highest BCUT2D eigenvalue weighted by molar-refractivity contribution is 14.0. The van der Waals surface area contributed by atoms with Gasteiger partial charge in [0.15, 0.2) is 5.96 Å². The molecule has 1 saturated heterocycles. The number of fused-ring (bicyclic) bond motifs is 1. The van der Waals surface area contributed by atoms with Crippen LogP contribution in [-0.4, -0.2) is 50.3 Å². The van der Waals surface area contributed by atoms with E-state index in [1.54, 1.807) is 11.3 Å². The maximum atomic E-state index is 6.25. The summed E-state index contributed by atoms with van der Waals surface area (Å²) >= 11 is 1.77. The third-order valence-electron chi connectivity index (χ3n) is 5.07. The Morgan fingerprint density at radius 1 is 1.21 bits per heavy atom. The largest absolute Gasteiger partial charge is 0.493 e. The molecule has 28 heavy (non-hydrogen) atoms. The molecule has 1 aromatic heterocycles. The van der Waals surface area contributed by atoms with Gasteiger partial charge in [0.2, 0.25) is 0 Å². The van der Waals surface area contributed by atoms with E-state index in [9.17, 15) is 0 Å². The molecule has 2 aromatic rings. The second-order valence-electron chi connectivity index (χ2n) is 6.78. The lowest BCUT2D eigenvalue weighted by Crippen LogP contribution is -2.41. The predicted molar refractivity (Wildman–Crippen MR) is 124 cm³/mol. The van der Waals surface area contributed by atoms with Crippen molar-refractivity contribution in [2.75, 3.05) is 39.5 Å².